The third kappa shape index (κ3) is 1.78. The predicted molar refractivity (Wildman–Crippen MR) is 70.6 cm³/mol. The minimum Gasteiger partial charge on any atom is -0.396 e. The molecule has 0 radical (unpaired) electrons. The number of aliphatic hydroxyl groups excluding tert-OH is 1. The number of nitrogens with zero attached hydrogens (tertiary/aromatic N) is 3. The maximum atomic E-state index is 11.6. The number of hydrogen-bond donors (Lipinski definition) is 2. The molecule has 6 heteroatoms. The van der Waals surface area contributed by atoms with Gasteiger partial charge < -0.3 is 14.7 Å². The lowest BCUT2D eigenvalue weighted by Gasteiger charge is -2.51. The molecule has 19 heavy (non-hydrogen) atoms. The number of H-pyrrole nitrogens is 1. The summed E-state index contributed by atoms with van der Waals surface area (Å²) in [7, 11) is 0. The SMILES string of the molecule is CC1(C)[C@H](CO)C[C@@H]1Cn1cnc2c(=O)[nH]cnc21. The van der Waals surface area contributed by atoms with Gasteiger partial charge in [0.1, 0.15) is 0 Å². The van der Waals surface area contributed by atoms with Crippen molar-refractivity contribution >= 4 is 11.2 Å². The number of aromatic nitrogens is 4. The van der Waals surface area contributed by atoms with Gasteiger partial charge in [-0.1, -0.05) is 13.8 Å². The summed E-state index contributed by atoms with van der Waals surface area (Å²) >= 11 is 0. The van der Waals surface area contributed by atoms with Crippen molar-refractivity contribution in [3.63, 3.8) is 0 Å². The largest absolute Gasteiger partial charge is 0.396 e. The van der Waals surface area contributed by atoms with Gasteiger partial charge in [-0.25, -0.2) is 9.97 Å². The van der Waals surface area contributed by atoms with Crippen LogP contribution in [0.5, 0.6) is 0 Å². The van der Waals surface area contributed by atoms with Crippen molar-refractivity contribution in [1.82, 2.24) is 19.5 Å². The Hall–Kier alpha value is -1.69. The highest BCUT2D eigenvalue weighted by Crippen LogP contribution is 2.51. The highest BCUT2D eigenvalue weighted by Gasteiger charge is 2.47. The third-order valence-corrected chi connectivity index (χ3v) is 4.72. The number of hydrogen-bond acceptors (Lipinski definition) is 4. The molecule has 1 fully saturated rings. The zero-order valence-corrected chi connectivity index (χ0v) is 11.1. The first-order chi connectivity index (χ1) is 9.04. The quantitative estimate of drug-likeness (QED) is 0.856. The fraction of sp³-hybridized carbons (Fsp3) is 0.615. The summed E-state index contributed by atoms with van der Waals surface area (Å²) in [6.07, 6.45) is 4.09. The molecule has 0 amide bonds. The van der Waals surface area contributed by atoms with Gasteiger partial charge in [0, 0.05) is 13.2 Å². The van der Waals surface area contributed by atoms with E-state index in [4.69, 9.17) is 0 Å². The van der Waals surface area contributed by atoms with Crippen LogP contribution in [-0.4, -0.2) is 31.2 Å². The van der Waals surface area contributed by atoms with Crippen LogP contribution in [0.15, 0.2) is 17.4 Å². The molecule has 102 valence electrons. The van der Waals surface area contributed by atoms with Gasteiger partial charge >= 0.3 is 0 Å². The second-order valence-corrected chi connectivity index (χ2v) is 5.93. The molecule has 0 unspecified atom stereocenters. The smallest absolute Gasteiger partial charge is 0.278 e. The molecule has 2 N–H and O–H groups in total. The highest BCUT2D eigenvalue weighted by molar-refractivity contribution is 5.68. The van der Waals surface area contributed by atoms with Gasteiger partial charge in [-0.2, -0.15) is 0 Å². The zero-order chi connectivity index (χ0) is 13.6. The standard InChI is InChI=1S/C13H18N4O2/c1-13(2)8(3-9(13)5-18)4-17-7-16-10-11(17)14-6-15-12(10)19/h6-9,18H,3-5H2,1-2H3,(H,14,15,19)/t8-,9+/m1/s1. The summed E-state index contributed by atoms with van der Waals surface area (Å²) in [6.45, 7) is 5.39. The van der Waals surface area contributed by atoms with E-state index in [1.165, 1.54) is 6.33 Å². The van der Waals surface area contributed by atoms with E-state index < -0.39 is 0 Å². The average Bonchev–Trinajstić information content (AvgIpc) is 2.78. The second-order valence-electron chi connectivity index (χ2n) is 5.93. The molecule has 0 aliphatic heterocycles. The molecule has 6 nitrogen and oxygen atoms in total. The zero-order valence-electron chi connectivity index (χ0n) is 11.1. The van der Waals surface area contributed by atoms with E-state index in [1.54, 1.807) is 6.33 Å². The Bertz CT molecular complexity index is 658. The lowest BCUT2D eigenvalue weighted by atomic mass is 9.55. The van der Waals surface area contributed by atoms with E-state index in [9.17, 15) is 9.90 Å². The fourth-order valence-corrected chi connectivity index (χ4v) is 3.01. The van der Waals surface area contributed by atoms with Crippen LogP contribution in [0.2, 0.25) is 0 Å². The number of imidazole rings is 1. The summed E-state index contributed by atoms with van der Waals surface area (Å²) < 4.78 is 1.94. The van der Waals surface area contributed by atoms with Crippen LogP contribution in [0.1, 0.15) is 20.3 Å². The Balaban J connectivity index is 1.88. The van der Waals surface area contributed by atoms with Crippen LogP contribution in [0.25, 0.3) is 11.2 Å². The van der Waals surface area contributed by atoms with E-state index in [1.807, 2.05) is 4.57 Å². The van der Waals surface area contributed by atoms with Crippen LogP contribution in [0, 0.1) is 17.3 Å². The maximum absolute atomic E-state index is 11.6. The van der Waals surface area contributed by atoms with Crippen molar-refractivity contribution in [3.8, 4) is 0 Å². The Morgan fingerprint density at radius 2 is 2.26 bits per heavy atom. The minimum absolute atomic E-state index is 0.118. The predicted octanol–water partition coefficient (Wildman–Crippen LogP) is 0.774. The van der Waals surface area contributed by atoms with Gasteiger partial charge in [-0.3, -0.25) is 4.79 Å². The number of rotatable bonds is 3. The van der Waals surface area contributed by atoms with Crippen molar-refractivity contribution in [2.75, 3.05) is 6.61 Å². The monoisotopic (exact) mass is 262 g/mol. The van der Waals surface area contributed by atoms with E-state index >= 15 is 0 Å². The van der Waals surface area contributed by atoms with Gasteiger partial charge in [-0.15, -0.1) is 0 Å². The molecule has 1 aliphatic carbocycles. The molecule has 0 spiro atoms. The average molecular weight is 262 g/mol. The molecule has 2 heterocycles. The fourth-order valence-electron chi connectivity index (χ4n) is 3.01. The number of aliphatic hydroxyl groups is 1. The van der Waals surface area contributed by atoms with Crippen LogP contribution in [0.4, 0.5) is 0 Å². The number of aromatic amines is 1. The Morgan fingerprint density at radius 1 is 1.47 bits per heavy atom. The summed E-state index contributed by atoms with van der Waals surface area (Å²) in [4.78, 5) is 22.4. The van der Waals surface area contributed by atoms with Crippen molar-refractivity contribution < 1.29 is 5.11 Å². The summed E-state index contributed by atoms with van der Waals surface area (Å²) in [6, 6.07) is 0. The van der Waals surface area contributed by atoms with Crippen molar-refractivity contribution in [2.45, 2.75) is 26.8 Å². The topological polar surface area (TPSA) is 83.8 Å². The number of nitrogens with one attached hydrogen (secondary N) is 1. The molecule has 2 aromatic rings. The summed E-state index contributed by atoms with van der Waals surface area (Å²) in [5.74, 6) is 0.840. The summed E-state index contributed by atoms with van der Waals surface area (Å²) in [5.41, 5.74) is 0.933. The molecule has 2 atom stereocenters. The first-order valence-corrected chi connectivity index (χ1v) is 6.53. The van der Waals surface area contributed by atoms with Gasteiger partial charge in [0.05, 0.1) is 12.7 Å². The third-order valence-electron chi connectivity index (χ3n) is 4.72. The van der Waals surface area contributed by atoms with Crippen LogP contribution in [0.3, 0.4) is 0 Å². The first kappa shape index (κ1) is 12.3. The molecule has 1 aliphatic rings. The normalized spacial score (nSPS) is 25.4. The van der Waals surface area contributed by atoms with Gasteiger partial charge in [0.25, 0.3) is 5.56 Å². The molecule has 3 rings (SSSR count). The maximum Gasteiger partial charge on any atom is 0.278 e. The molecule has 1 saturated carbocycles. The first-order valence-electron chi connectivity index (χ1n) is 6.53. The Kier molecular flexibility index (Phi) is 2.70. The second kappa shape index (κ2) is 4.16. The summed E-state index contributed by atoms with van der Waals surface area (Å²) in [5, 5.41) is 9.30. The molecule has 2 aromatic heterocycles. The molecular weight excluding hydrogens is 244 g/mol. The van der Waals surface area contributed by atoms with E-state index in [2.05, 4.69) is 28.8 Å². The number of fused-ring (bicyclic) bond motifs is 1. The molecular formula is C13H18N4O2. The van der Waals surface area contributed by atoms with Crippen molar-refractivity contribution in [3.05, 3.63) is 23.0 Å². The minimum atomic E-state index is -0.204. The van der Waals surface area contributed by atoms with Gasteiger partial charge in [0.2, 0.25) is 0 Å². The van der Waals surface area contributed by atoms with Gasteiger partial charge in [-0.05, 0) is 23.7 Å². The molecule has 0 aromatic carbocycles. The highest BCUT2D eigenvalue weighted by atomic mass is 16.3. The Labute approximate surface area is 110 Å². The lowest BCUT2D eigenvalue weighted by Crippen LogP contribution is -2.48. The molecule has 0 bridgehead atoms. The Morgan fingerprint density at radius 3 is 2.95 bits per heavy atom. The van der Waals surface area contributed by atoms with Crippen molar-refractivity contribution in [2.24, 2.45) is 17.3 Å². The molecule has 0 saturated heterocycles. The van der Waals surface area contributed by atoms with Crippen LogP contribution < -0.4 is 5.56 Å². The van der Waals surface area contributed by atoms with E-state index in [0.29, 0.717) is 23.0 Å². The van der Waals surface area contributed by atoms with Gasteiger partial charge in [0.15, 0.2) is 11.2 Å². The van der Waals surface area contributed by atoms with E-state index in [-0.39, 0.29) is 17.6 Å². The van der Waals surface area contributed by atoms with Crippen LogP contribution in [-0.2, 0) is 6.54 Å². The lowest BCUT2D eigenvalue weighted by molar-refractivity contribution is -0.0591. The van der Waals surface area contributed by atoms with Crippen molar-refractivity contribution in [1.29, 1.82) is 0 Å². The van der Waals surface area contributed by atoms with Crippen LogP contribution >= 0.6 is 0 Å². The van der Waals surface area contributed by atoms with E-state index in [0.717, 1.165) is 13.0 Å².